The van der Waals surface area contributed by atoms with Gasteiger partial charge in [-0.2, -0.15) is 4.98 Å². The van der Waals surface area contributed by atoms with E-state index < -0.39 is 0 Å². The van der Waals surface area contributed by atoms with Crippen LogP contribution in [-0.4, -0.2) is 44.5 Å². The molecule has 7 nitrogen and oxygen atoms in total. The Kier molecular flexibility index (Phi) is 6.27. The lowest BCUT2D eigenvalue weighted by atomic mass is 10.2. The summed E-state index contributed by atoms with van der Waals surface area (Å²) >= 11 is 1.63. The molecule has 0 bridgehead atoms. The van der Waals surface area contributed by atoms with Crippen molar-refractivity contribution in [2.24, 2.45) is 5.92 Å². The normalized spacial score (nSPS) is 16.3. The Morgan fingerprint density at radius 2 is 2.32 bits per heavy atom. The summed E-state index contributed by atoms with van der Waals surface area (Å²) in [5.74, 6) is 1.76. The number of aryl methyl sites for hydroxylation is 1. The molecule has 8 heteroatoms. The van der Waals surface area contributed by atoms with E-state index in [2.05, 4.69) is 60.5 Å². The van der Waals surface area contributed by atoms with Gasteiger partial charge in [0.05, 0.1) is 17.4 Å². The Bertz CT molecular complexity index is 1090. The van der Waals surface area contributed by atoms with Gasteiger partial charge in [-0.15, -0.1) is 11.3 Å². The number of aromatic nitrogens is 3. The van der Waals surface area contributed by atoms with Gasteiger partial charge in [0.2, 0.25) is 11.8 Å². The SMILES string of the molecule is C=CC(=O)N1CCC(Oc2nc(Nc3ncc(CC)s3)cc3c2ccn3CC(C)C)C1. The van der Waals surface area contributed by atoms with Crippen molar-refractivity contribution in [1.29, 1.82) is 0 Å². The molecule has 1 fully saturated rings. The number of hydrogen-bond donors (Lipinski definition) is 1. The van der Waals surface area contributed by atoms with Crippen molar-refractivity contribution in [3.05, 3.63) is 42.1 Å². The molecule has 1 aliphatic heterocycles. The lowest BCUT2D eigenvalue weighted by molar-refractivity contribution is -0.125. The lowest BCUT2D eigenvalue weighted by Gasteiger charge is -2.17. The Morgan fingerprint density at radius 3 is 3.03 bits per heavy atom. The van der Waals surface area contributed by atoms with E-state index in [0.717, 1.165) is 35.4 Å². The molecular formula is C23H29N5O2S. The molecule has 0 radical (unpaired) electrons. The zero-order chi connectivity index (χ0) is 22.0. The first-order valence-electron chi connectivity index (χ1n) is 10.8. The Labute approximate surface area is 186 Å². The fraction of sp³-hybridized carbons (Fsp3) is 0.435. The van der Waals surface area contributed by atoms with E-state index >= 15 is 0 Å². The van der Waals surface area contributed by atoms with Gasteiger partial charge in [0.15, 0.2) is 5.13 Å². The van der Waals surface area contributed by atoms with Crippen LogP contribution in [0.5, 0.6) is 5.88 Å². The first-order valence-corrected chi connectivity index (χ1v) is 11.6. The number of carbonyl (C=O) groups excluding carboxylic acids is 1. The summed E-state index contributed by atoms with van der Waals surface area (Å²) < 4.78 is 8.56. The maximum absolute atomic E-state index is 11.9. The molecule has 4 rings (SSSR count). The molecule has 1 unspecified atom stereocenters. The minimum atomic E-state index is -0.0881. The minimum Gasteiger partial charge on any atom is -0.472 e. The Balaban J connectivity index is 1.64. The van der Waals surface area contributed by atoms with E-state index in [1.165, 1.54) is 11.0 Å². The Morgan fingerprint density at radius 1 is 1.48 bits per heavy atom. The second-order valence-corrected chi connectivity index (χ2v) is 9.35. The average Bonchev–Trinajstić information content (AvgIpc) is 3.48. The summed E-state index contributed by atoms with van der Waals surface area (Å²) in [4.78, 5) is 24.2. The number of anilines is 2. The third kappa shape index (κ3) is 4.74. The number of nitrogens with one attached hydrogen (secondary N) is 1. The van der Waals surface area contributed by atoms with Crippen LogP contribution in [0.2, 0.25) is 0 Å². The van der Waals surface area contributed by atoms with E-state index in [9.17, 15) is 4.79 Å². The van der Waals surface area contributed by atoms with Gasteiger partial charge >= 0.3 is 0 Å². The number of thiazole rings is 1. The number of hydrogen-bond acceptors (Lipinski definition) is 6. The largest absolute Gasteiger partial charge is 0.472 e. The quantitative estimate of drug-likeness (QED) is 0.519. The zero-order valence-electron chi connectivity index (χ0n) is 18.3. The van der Waals surface area contributed by atoms with Crippen LogP contribution in [-0.2, 0) is 17.8 Å². The molecule has 0 aromatic carbocycles. The zero-order valence-corrected chi connectivity index (χ0v) is 19.1. The van der Waals surface area contributed by atoms with Crippen LogP contribution in [0.3, 0.4) is 0 Å². The third-order valence-electron chi connectivity index (χ3n) is 5.34. The van der Waals surface area contributed by atoms with Crippen molar-refractivity contribution < 1.29 is 9.53 Å². The van der Waals surface area contributed by atoms with Crippen LogP contribution in [0, 0.1) is 5.92 Å². The average molecular weight is 440 g/mol. The highest BCUT2D eigenvalue weighted by Gasteiger charge is 2.27. The van der Waals surface area contributed by atoms with E-state index in [1.807, 2.05) is 6.20 Å². The number of fused-ring (bicyclic) bond motifs is 1. The summed E-state index contributed by atoms with van der Waals surface area (Å²) in [6.07, 6.45) is 6.99. The molecule has 1 atom stereocenters. The molecule has 4 heterocycles. The molecule has 3 aromatic rings. The van der Waals surface area contributed by atoms with Crippen LogP contribution in [0.4, 0.5) is 10.9 Å². The molecule has 0 aliphatic carbocycles. The first kappa shape index (κ1) is 21.4. The van der Waals surface area contributed by atoms with E-state index in [4.69, 9.17) is 9.72 Å². The fourth-order valence-corrected chi connectivity index (χ4v) is 4.57. The summed E-state index contributed by atoms with van der Waals surface area (Å²) in [5, 5.41) is 5.15. The molecule has 0 saturated carbocycles. The van der Waals surface area contributed by atoms with Crippen LogP contribution < -0.4 is 10.1 Å². The fourth-order valence-electron chi connectivity index (χ4n) is 3.81. The number of likely N-dealkylation sites (tertiary alicyclic amines) is 1. The van der Waals surface area contributed by atoms with Crippen LogP contribution >= 0.6 is 11.3 Å². The van der Waals surface area contributed by atoms with Gasteiger partial charge in [-0.05, 0) is 24.5 Å². The van der Waals surface area contributed by atoms with Crippen molar-refractivity contribution >= 4 is 39.1 Å². The summed E-state index contributed by atoms with van der Waals surface area (Å²) in [6.45, 7) is 12.2. The van der Waals surface area contributed by atoms with E-state index in [0.29, 0.717) is 30.7 Å². The smallest absolute Gasteiger partial charge is 0.246 e. The second kappa shape index (κ2) is 9.09. The third-order valence-corrected chi connectivity index (χ3v) is 6.40. The standard InChI is InChI=1S/C23H29N5O2S/c1-5-17-12-24-23(31-17)26-20-11-19-18(8-10-27(19)13-15(3)4)22(25-20)30-16-7-9-28(14-16)21(29)6-2/h6,8,10-12,15-16H,2,5,7,9,13-14H2,1,3-4H3,(H,24,25,26). The molecule has 1 N–H and O–H groups in total. The summed E-state index contributed by atoms with van der Waals surface area (Å²) in [5.41, 5.74) is 1.07. The maximum atomic E-state index is 11.9. The van der Waals surface area contributed by atoms with E-state index in [1.54, 1.807) is 16.2 Å². The predicted molar refractivity (Wildman–Crippen MR) is 125 cm³/mol. The van der Waals surface area contributed by atoms with E-state index in [-0.39, 0.29) is 12.0 Å². The van der Waals surface area contributed by atoms with Crippen LogP contribution in [0.15, 0.2) is 37.2 Å². The number of carbonyl (C=O) groups is 1. The molecular weight excluding hydrogens is 410 g/mol. The minimum absolute atomic E-state index is 0.0572. The molecule has 164 valence electrons. The first-order chi connectivity index (χ1) is 15.0. The van der Waals surface area contributed by atoms with Crippen LogP contribution in [0.1, 0.15) is 32.1 Å². The van der Waals surface area contributed by atoms with Crippen molar-refractivity contribution in [3.8, 4) is 5.88 Å². The maximum Gasteiger partial charge on any atom is 0.246 e. The molecule has 3 aromatic heterocycles. The Hall–Kier alpha value is -2.87. The molecule has 31 heavy (non-hydrogen) atoms. The van der Waals surface area contributed by atoms with Gasteiger partial charge in [0.1, 0.15) is 11.9 Å². The monoisotopic (exact) mass is 439 g/mol. The second-order valence-electron chi connectivity index (χ2n) is 8.23. The highest BCUT2D eigenvalue weighted by Crippen LogP contribution is 2.32. The summed E-state index contributed by atoms with van der Waals surface area (Å²) in [7, 11) is 0. The van der Waals surface area contributed by atoms with Crippen molar-refractivity contribution in [2.75, 3.05) is 18.4 Å². The van der Waals surface area contributed by atoms with Gasteiger partial charge in [-0.25, -0.2) is 4.98 Å². The number of pyridine rings is 1. The van der Waals surface area contributed by atoms with Gasteiger partial charge in [-0.1, -0.05) is 27.4 Å². The summed E-state index contributed by atoms with van der Waals surface area (Å²) in [6, 6.07) is 4.11. The van der Waals surface area contributed by atoms with Gasteiger partial charge in [-0.3, -0.25) is 4.79 Å². The van der Waals surface area contributed by atoms with Crippen molar-refractivity contribution in [1.82, 2.24) is 19.4 Å². The highest BCUT2D eigenvalue weighted by atomic mass is 32.1. The predicted octanol–water partition coefficient (Wildman–Crippen LogP) is 4.62. The van der Waals surface area contributed by atoms with Gasteiger partial charge < -0.3 is 19.5 Å². The van der Waals surface area contributed by atoms with Gasteiger partial charge in [0, 0.05) is 42.8 Å². The topological polar surface area (TPSA) is 72.3 Å². The molecule has 0 spiro atoms. The molecule has 1 aliphatic rings. The van der Waals surface area contributed by atoms with Crippen molar-refractivity contribution in [2.45, 2.75) is 46.3 Å². The number of rotatable bonds is 8. The molecule has 1 amide bonds. The number of ether oxygens (including phenoxy) is 1. The number of amides is 1. The van der Waals surface area contributed by atoms with Crippen LogP contribution in [0.25, 0.3) is 10.9 Å². The molecule has 1 saturated heterocycles. The number of nitrogens with zero attached hydrogens (tertiary/aromatic N) is 4. The highest BCUT2D eigenvalue weighted by molar-refractivity contribution is 7.15. The lowest BCUT2D eigenvalue weighted by Crippen LogP contribution is -2.29. The van der Waals surface area contributed by atoms with Crippen molar-refractivity contribution in [3.63, 3.8) is 0 Å². The van der Waals surface area contributed by atoms with Gasteiger partial charge in [0.25, 0.3) is 0 Å².